The quantitative estimate of drug-likeness (QED) is 0.576. The van der Waals surface area contributed by atoms with Gasteiger partial charge in [-0.15, -0.1) is 0 Å². The van der Waals surface area contributed by atoms with E-state index >= 15 is 0 Å². The lowest BCUT2D eigenvalue weighted by Crippen LogP contribution is -2.35. The maximum absolute atomic E-state index is 12.2. The summed E-state index contributed by atoms with van der Waals surface area (Å²) in [4.78, 5) is 14.7. The molecule has 1 fully saturated rings. The molecule has 2 rings (SSSR count). The van der Waals surface area contributed by atoms with Gasteiger partial charge in [0.05, 0.1) is 4.99 Å². The van der Waals surface area contributed by atoms with Crippen LogP contribution < -0.4 is 5.73 Å². The van der Waals surface area contributed by atoms with Gasteiger partial charge in [-0.3, -0.25) is 4.79 Å². The minimum atomic E-state index is 0.284. The first kappa shape index (κ1) is 14.5. The van der Waals surface area contributed by atoms with Gasteiger partial charge in [0.1, 0.15) is 0 Å². The molecule has 2 aliphatic rings. The Labute approximate surface area is 121 Å². The van der Waals surface area contributed by atoms with Gasteiger partial charge < -0.3 is 10.6 Å². The number of thiocarbonyl (C=S) groups is 1. The van der Waals surface area contributed by atoms with Gasteiger partial charge in [-0.1, -0.05) is 23.9 Å². The van der Waals surface area contributed by atoms with E-state index in [2.05, 4.69) is 6.08 Å². The van der Waals surface area contributed by atoms with Gasteiger partial charge in [-0.25, -0.2) is 0 Å². The molecule has 0 heterocycles. The molecule has 4 heteroatoms. The first-order valence-electron chi connectivity index (χ1n) is 7.42. The van der Waals surface area contributed by atoms with Crippen LogP contribution in [0.1, 0.15) is 51.4 Å². The number of amides is 1. The van der Waals surface area contributed by atoms with E-state index in [1.54, 1.807) is 0 Å². The highest BCUT2D eigenvalue weighted by molar-refractivity contribution is 7.80. The van der Waals surface area contributed by atoms with Gasteiger partial charge in [0.15, 0.2) is 0 Å². The number of hydrogen-bond acceptors (Lipinski definition) is 2. The van der Waals surface area contributed by atoms with E-state index < -0.39 is 0 Å². The number of nitrogens with two attached hydrogens (primary N) is 1. The van der Waals surface area contributed by atoms with E-state index in [9.17, 15) is 4.79 Å². The summed E-state index contributed by atoms with van der Waals surface area (Å²) in [5.41, 5.74) is 7.08. The van der Waals surface area contributed by atoms with Crippen LogP contribution in [0.5, 0.6) is 0 Å². The lowest BCUT2D eigenvalue weighted by atomic mass is 9.97. The fourth-order valence-corrected chi connectivity index (χ4v) is 2.67. The zero-order valence-electron chi connectivity index (χ0n) is 11.6. The van der Waals surface area contributed by atoms with Crippen molar-refractivity contribution in [3.8, 4) is 0 Å². The summed E-state index contributed by atoms with van der Waals surface area (Å²) in [6.45, 7) is 1.53. The van der Waals surface area contributed by atoms with Crippen molar-refractivity contribution in [3.05, 3.63) is 11.6 Å². The van der Waals surface area contributed by atoms with Crippen LogP contribution in [0.15, 0.2) is 11.6 Å². The predicted octanol–water partition coefficient (Wildman–Crippen LogP) is 2.79. The summed E-state index contributed by atoms with van der Waals surface area (Å²) in [5.74, 6) is 0.597. The topological polar surface area (TPSA) is 46.3 Å². The van der Waals surface area contributed by atoms with Crippen molar-refractivity contribution < 1.29 is 4.79 Å². The third-order valence-corrected chi connectivity index (χ3v) is 4.16. The average Bonchev–Trinajstić information content (AvgIpc) is 3.23. The Balaban J connectivity index is 1.83. The van der Waals surface area contributed by atoms with Crippen LogP contribution in [0, 0.1) is 5.92 Å². The van der Waals surface area contributed by atoms with Crippen molar-refractivity contribution in [3.63, 3.8) is 0 Å². The maximum Gasteiger partial charge on any atom is 0.225 e. The van der Waals surface area contributed by atoms with Gasteiger partial charge in [-0.2, -0.15) is 0 Å². The van der Waals surface area contributed by atoms with Crippen molar-refractivity contribution in [1.82, 2.24) is 4.90 Å². The predicted molar refractivity (Wildman–Crippen MR) is 81.9 cm³/mol. The van der Waals surface area contributed by atoms with E-state index in [-0.39, 0.29) is 5.92 Å². The number of carbonyl (C=O) groups is 1. The second kappa shape index (κ2) is 7.04. The number of allylic oxidation sites excluding steroid dienone is 1. The number of hydrogen-bond donors (Lipinski definition) is 1. The van der Waals surface area contributed by atoms with Gasteiger partial charge >= 0.3 is 0 Å². The van der Waals surface area contributed by atoms with Gasteiger partial charge in [0.25, 0.3) is 0 Å². The Bertz CT molecular complexity index is 374. The largest absolute Gasteiger partial charge is 0.393 e. The minimum absolute atomic E-state index is 0.284. The molecule has 0 radical (unpaired) electrons. The Morgan fingerprint density at radius 2 is 2.16 bits per heavy atom. The monoisotopic (exact) mass is 280 g/mol. The summed E-state index contributed by atoms with van der Waals surface area (Å²) in [7, 11) is 0. The molecule has 0 unspecified atom stereocenters. The maximum atomic E-state index is 12.2. The molecular formula is C15H24N2OS. The highest BCUT2D eigenvalue weighted by atomic mass is 32.1. The van der Waals surface area contributed by atoms with Crippen molar-refractivity contribution in [2.45, 2.75) is 51.4 Å². The molecule has 0 aromatic rings. The Morgan fingerprint density at radius 1 is 1.37 bits per heavy atom. The van der Waals surface area contributed by atoms with Crippen LogP contribution in [0.2, 0.25) is 0 Å². The third kappa shape index (κ3) is 4.94. The van der Waals surface area contributed by atoms with Crippen LogP contribution in [0.25, 0.3) is 0 Å². The van der Waals surface area contributed by atoms with E-state index in [0.717, 1.165) is 25.8 Å². The molecule has 0 bridgehead atoms. The van der Waals surface area contributed by atoms with Crippen LogP contribution in [-0.4, -0.2) is 28.9 Å². The lowest BCUT2D eigenvalue weighted by Gasteiger charge is -2.24. The fourth-order valence-electron chi connectivity index (χ4n) is 2.58. The van der Waals surface area contributed by atoms with E-state index in [1.807, 2.05) is 4.90 Å². The molecule has 2 aliphatic carbocycles. The molecule has 1 amide bonds. The minimum Gasteiger partial charge on any atom is -0.393 e. The highest BCUT2D eigenvalue weighted by Crippen LogP contribution is 2.31. The molecule has 0 atom stereocenters. The molecule has 2 N–H and O–H groups in total. The summed E-state index contributed by atoms with van der Waals surface area (Å²) in [6.07, 6.45) is 11.2. The first-order valence-corrected chi connectivity index (χ1v) is 7.82. The number of carbonyl (C=O) groups excluding carboxylic acids is 1. The van der Waals surface area contributed by atoms with Gasteiger partial charge in [0.2, 0.25) is 5.91 Å². The zero-order chi connectivity index (χ0) is 13.7. The Hall–Kier alpha value is -0.900. The molecule has 1 saturated carbocycles. The third-order valence-electron chi connectivity index (χ3n) is 3.95. The summed E-state index contributed by atoms with van der Waals surface area (Å²) in [5, 5.41) is 0. The van der Waals surface area contributed by atoms with Crippen LogP contribution >= 0.6 is 12.2 Å². The van der Waals surface area contributed by atoms with Crippen molar-refractivity contribution in [2.75, 3.05) is 13.1 Å². The van der Waals surface area contributed by atoms with Crippen molar-refractivity contribution in [2.24, 2.45) is 11.7 Å². The van der Waals surface area contributed by atoms with Crippen LogP contribution in [0.4, 0.5) is 0 Å². The summed E-state index contributed by atoms with van der Waals surface area (Å²) >= 11 is 4.92. The SMILES string of the molecule is NC(=S)CCN(CCC1=CCCCC1)C(=O)C1CC1. The highest BCUT2D eigenvalue weighted by Gasteiger charge is 2.33. The van der Waals surface area contributed by atoms with Crippen LogP contribution in [-0.2, 0) is 4.79 Å². The average molecular weight is 280 g/mol. The molecule has 0 saturated heterocycles. The Kier molecular flexibility index (Phi) is 5.37. The standard InChI is InChI=1S/C15H24N2OS/c16-14(19)9-11-17(15(18)13-6-7-13)10-8-12-4-2-1-3-5-12/h4,13H,1-3,5-11H2,(H2,16,19). The summed E-state index contributed by atoms with van der Waals surface area (Å²) < 4.78 is 0. The molecule has 0 aliphatic heterocycles. The first-order chi connectivity index (χ1) is 9.16. The fraction of sp³-hybridized carbons (Fsp3) is 0.733. The molecular weight excluding hydrogens is 256 g/mol. The molecule has 0 spiro atoms. The normalized spacial score (nSPS) is 18.8. The molecule has 0 aromatic carbocycles. The van der Waals surface area contributed by atoms with Crippen molar-refractivity contribution in [1.29, 1.82) is 0 Å². The number of nitrogens with zero attached hydrogens (tertiary/aromatic N) is 1. The van der Waals surface area contributed by atoms with E-state index in [1.165, 1.54) is 31.3 Å². The number of rotatable bonds is 7. The molecule has 0 aromatic heterocycles. The second-order valence-electron chi connectivity index (χ2n) is 5.67. The molecule has 19 heavy (non-hydrogen) atoms. The van der Waals surface area contributed by atoms with Gasteiger partial charge in [-0.05, 0) is 44.9 Å². The Morgan fingerprint density at radius 3 is 2.74 bits per heavy atom. The van der Waals surface area contributed by atoms with Crippen molar-refractivity contribution >= 4 is 23.1 Å². The van der Waals surface area contributed by atoms with Gasteiger partial charge in [0, 0.05) is 25.4 Å². The zero-order valence-corrected chi connectivity index (χ0v) is 12.4. The second-order valence-corrected chi connectivity index (χ2v) is 6.20. The van der Waals surface area contributed by atoms with E-state index in [4.69, 9.17) is 18.0 Å². The smallest absolute Gasteiger partial charge is 0.225 e. The molecule has 3 nitrogen and oxygen atoms in total. The summed E-state index contributed by atoms with van der Waals surface area (Å²) in [6, 6.07) is 0. The van der Waals surface area contributed by atoms with E-state index in [0.29, 0.717) is 23.9 Å². The molecule has 106 valence electrons. The van der Waals surface area contributed by atoms with Crippen LogP contribution in [0.3, 0.4) is 0 Å². The lowest BCUT2D eigenvalue weighted by molar-refractivity contribution is -0.132.